The van der Waals surface area contributed by atoms with Crippen LogP contribution in [0.4, 0.5) is 0 Å². The van der Waals surface area contributed by atoms with Crippen molar-refractivity contribution in [1.82, 2.24) is 0 Å². The van der Waals surface area contributed by atoms with E-state index < -0.39 is 78.8 Å². The van der Waals surface area contributed by atoms with E-state index in [2.05, 4.69) is 0 Å². The standard InChI is InChI=1S/C26H32O12/c1-14(27)35-13-16-19(30)20(31)21(32)23(36-16)37-24-22-25(2,12-17(28)26(22,33)10-11-34-24)38-18(29)9-8-15-6-4-3-5-7-15/h3-11,16-17,19-24,28,30-33H,12-13H2,1-2H3/t16-,17+,19+,20-,21+,22-,23-,24+,25-,26+/m0/s1. The topological polar surface area (TPSA) is 181 Å². The molecule has 1 saturated heterocycles. The fourth-order valence-electron chi connectivity index (χ4n) is 5.10. The van der Waals surface area contributed by atoms with Crippen LogP contribution in [0, 0.1) is 5.92 Å². The Balaban J connectivity index is 1.53. The number of esters is 2. The molecule has 1 aromatic rings. The molecule has 2 fully saturated rings. The van der Waals surface area contributed by atoms with Gasteiger partial charge in [-0.3, -0.25) is 4.79 Å². The number of rotatable bonds is 7. The average molecular weight is 537 g/mol. The van der Waals surface area contributed by atoms with Crippen molar-refractivity contribution in [3.8, 4) is 0 Å². The first-order valence-electron chi connectivity index (χ1n) is 12.1. The molecule has 1 aromatic carbocycles. The summed E-state index contributed by atoms with van der Waals surface area (Å²) in [4.78, 5) is 23.9. The molecule has 10 atom stereocenters. The Bertz CT molecular complexity index is 1060. The van der Waals surface area contributed by atoms with E-state index in [0.29, 0.717) is 0 Å². The Morgan fingerprint density at radius 1 is 1.08 bits per heavy atom. The van der Waals surface area contributed by atoms with Crippen LogP contribution in [0.15, 0.2) is 48.7 Å². The molecule has 0 spiro atoms. The predicted molar refractivity (Wildman–Crippen MR) is 127 cm³/mol. The van der Waals surface area contributed by atoms with Gasteiger partial charge in [0.25, 0.3) is 0 Å². The summed E-state index contributed by atoms with van der Waals surface area (Å²) in [7, 11) is 0. The van der Waals surface area contributed by atoms with Crippen molar-refractivity contribution in [3.05, 3.63) is 54.3 Å². The van der Waals surface area contributed by atoms with Crippen molar-refractivity contribution in [2.45, 2.75) is 74.6 Å². The minimum absolute atomic E-state index is 0.170. The largest absolute Gasteiger partial charge is 0.472 e. The molecule has 0 bridgehead atoms. The molecule has 2 heterocycles. The second-order valence-electron chi connectivity index (χ2n) is 9.82. The van der Waals surface area contributed by atoms with Gasteiger partial charge in [0, 0.05) is 19.4 Å². The molecular weight excluding hydrogens is 504 g/mol. The molecule has 5 N–H and O–H groups in total. The van der Waals surface area contributed by atoms with Crippen molar-refractivity contribution in [2.24, 2.45) is 5.92 Å². The van der Waals surface area contributed by atoms with Crippen molar-refractivity contribution < 1.29 is 58.8 Å². The number of ether oxygens (including phenoxy) is 5. The summed E-state index contributed by atoms with van der Waals surface area (Å²) in [6, 6.07) is 9.04. The SMILES string of the molecule is CC(=O)OC[C@@H]1O[C@@H](O[C@H]2OC=C[C@@]3(O)[C@H](O)C[C@](C)(OC(=O)C=Cc4ccccc4)[C@H]23)[C@H](O)[C@@H](O)[C@@H]1O. The van der Waals surface area contributed by atoms with E-state index in [1.54, 1.807) is 18.2 Å². The first kappa shape index (κ1) is 28.2. The number of hydrogen-bond donors (Lipinski definition) is 5. The molecule has 38 heavy (non-hydrogen) atoms. The van der Waals surface area contributed by atoms with E-state index in [9.17, 15) is 35.1 Å². The van der Waals surface area contributed by atoms with Crippen LogP contribution in [0.1, 0.15) is 25.8 Å². The number of aliphatic hydroxyl groups excluding tert-OH is 4. The molecule has 208 valence electrons. The number of benzene rings is 1. The van der Waals surface area contributed by atoms with Gasteiger partial charge in [-0.05, 0) is 24.6 Å². The van der Waals surface area contributed by atoms with E-state index >= 15 is 0 Å². The Morgan fingerprint density at radius 2 is 1.79 bits per heavy atom. The summed E-state index contributed by atoms with van der Waals surface area (Å²) in [5.41, 5.74) is -2.68. The maximum absolute atomic E-state index is 12.7. The molecule has 1 aliphatic carbocycles. The highest BCUT2D eigenvalue weighted by Gasteiger charge is 2.66. The van der Waals surface area contributed by atoms with Crippen LogP contribution in [0.2, 0.25) is 0 Å². The monoisotopic (exact) mass is 536 g/mol. The second-order valence-corrected chi connectivity index (χ2v) is 9.82. The van der Waals surface area contributed by atoms with Crippen LogP contribution < -0.4 is 0 Å². The number of fused-ring (bicyclic) bond motifs is 1. The van der Waals surface area contributed by atoms with Gasteiger partial charge < -0.3 is 49.2 Å². The quantitative estimate of drug-likeness (QED) is 0.220. The highest BCUT2D eigenvalue weighted by Crippen LogP contribution is 2.51. The first-order chi connectivity index (χ1) is 17.9. The lowest BCUT2D eigenvalue weighted by Gasteiger charge is -2.46. The predicted octanol–water partition coefficient (Wildman–Crippen LogP) is -0.629. The summed E-state index contributed by atoms with van der Waals surface area (Å²) in [6.07, 6.45) is -5.81. The maximum Gasteiger partial charge on any atom is 0.331 e. The van der Waals surface area contributed by atoms with Gasteiger partial charge in [0.2, 0.25) is 6.29 Å². The Labute approximate surface area is 218 Å². The van der Waals surface area contributed by atoms with Gasteiger partial charge >= 0.3 is 11.9 Å². The Hall–Kier alpha value is -2.84. The third-order valence-electron chi connectivity index (χ3n) is 7.04. The molecule has 4 rings (SSSR count). The normalized spacial score (nSPS) is 40.4. The Kier molecular flexibility index (Phi) is 8.23. The number of hydrogen-bond acceptors (Lipinski definition) is 12. The average Bonchev–Trinajstić information content (AvgIpc) is 3.07. The van der Waals surface area contributed by atoms with Crippen LogP contribution in [-0.4, -0.2) is 98.4 Å². The molecule has 0 aromatic heterocycles. The van der Waals surface area contributed by atoms with Crippen LogP contribution in [0.25, 0.3) is 6.08 Å². The minimum Gasteiger partial charge on any atom is -0.472 e. The van der Waals surface area contributed by atoms with Gasteiger partial charge in [0.15, 0.2) is 6.29 Å². The molecule has 12 nitrogen and oxygen atoms in total. The first-order valence-corrected chi connectivity index (χ1v) is 12.1. The van der Waals surface area contributed by atoms with Crippen molar-refractivity contribution in [3.63, 3.8) is 0 Å². The highest BCUT2D eigenvalue weighted by molar-refractivity contribution is 5.87. The van der Waals surface area contributed by atoms with Gasteiger partial charge in [-0.15, -0.1) is 0 Å². The molecule has 0 unspecified atom stereocenters. The van der Waals surface area contributed by atoms with Crippen molar-refractivity contribution in [1.29, 1.82) is 0 Å². The van der Waals surface area contributed by atoms with Crippen LogP contribution >= 0.6 is 0 Å². The minimum atomic E-state index is -1.93. The number of carbonyl (C=O) groups is 2. The van der Waals surface area contributed by atoms with Crippen molar-refractivity contribution >= 4 is 18.0 Å². The third kappa shape index (κ3) is 5.61. The fraction of sp³-hybridized carbons (Fsp3) is 0.538. The molecule has 1 saturated carbocycles. The lowest BCUT2D eigenvalue weighted by Crippen LogP contribution is -2.62. The van der Waals surface area contributed by atoms with Crippen molar-refractivity contribution in [2.75, 3.05) is 6.61 Å². The summed E-state index contributed by atoms with van der Waals surface area (Å²) in [5.74, 6) is -2.59. The summed E-state index contributed by atoms with van der Waals surface area (Å²) >= 11 is 0. The smallest absolute Gasteiger partial charge is 0.331 e. The summed E-state index contributed by atoms with van der Waals surface area (Å²) in [6.45, 7) is 2.23. The molecule has 0 amide bonds. The van der Waals surface area contributed by atoms with Gasteiger partial charge in [-0.1, -0.05) is 30.3 Å². The van der Waals surface area contributed by atoms with Crippen LogP contribution in [-0.2, 0) is 33.3 Å². The summed E-state index contributed by atoms with van der Waals surface area (Å²) in [5, 5.41) is 53.1. The van der Waals surface area contributed by atoms with Crippen LogP contribution in [0.5, 0.6) is 0 Å². The number of carbonyl (C=O) groups excluding carboxylic acids is 2. The molecule has 2 aliphatic heterocycles. The highest BCUT2D eigenvalue weighted by atomic mass is 16.8. The van der Waals surface area contributed by atoms with E-state index in [-0.39, 0.29) is 6.42 Å². The van der Waals surface area contributed by atoms with Gasteiger partial charge in [0.05, 0.1) is 18.3 Å². The fourth-order valence-corrected chi connectivity index (χ4v) is 5.10. The zero-order valence-corrected chi connectivity index (χ0v) is 20.8. The van der Waals surface area contributed by atoms with E-state index in [0.717, 1.165) is 18.7 Å². The maximum atomic E-state index is 12.7. The molecule has 3 aliphatic rings. The van der Waals surface area contributed by atoms with Crippen LogP contribution in [0.3, 0.4) is 0 Å². The van der Waals surface area contributed by atoms with Gasteiger partial charge in [0.1, 0.15) is 42.2 Å². The number of aliphatic hydroxyl groups is 5. The lowest BCUT2D eigenvalue weighted by atomic mass is 9.81. The molecule has 0 radical (unpaired) electrons. The zero-order chi connectivity index (χ0) is 27.7. The zero-order valence-electron chi connectivity index (χ0n) is 20.8. The second kappa shape index (κ2) is 11.1. The van der Waals surface area contributed by atoms with Gasteiger partial charge in [-0.25, -0.2) is 4.79 Å². The van der Waals surface area contributed by atoms with E-state index in [4.69, 9.17) is 23.7 Å². The third-order valence-corrected chi connectivity index (χ3v) is 7.04. The molecular formula is C26H32O12. The van der Waals surface area contributed by atoms with E-state index in [1.807, 2.05) is 18.2 Å². The van der Waals surface area contributed by atoms with Gasteiger partial charge in [-0.2, -0.15) is 0 Å². The molecule has 12 heteroatoms. The summed E-state index contributed by atoms with van der Waals surface area (Å²) < 4.78 is 27.5. The lowest BCUT2D eigenvalue weighted by molar-refractivity contribution is -0.351. The Morgan fingerprint density at radius 3 is 2.47 bits per heavy atom. The van der Waals surface area contributed by atoms with E-state index in [1.165, 1.54) is 19.1 Å².